The molecule has 96 valence electrons. The zero-order chi connectivity index (χ0) is 12.7. The van der Waals surface area contributed by atoms with Crippen molar-refractivity contribution < 1.29 is 4.79 Å². The number of rotatable bonds is 2. The summed E-state index contributed by atoms with van der Waals surface area (Å²) < 4.78 is 0. The zero-order valence-electron chi connectivity index (χ0n) is 10.3. The highest BCUT2D eigenvalue weighted by atomic mass is 35.5. The summed E-state index contributed by atoms with van der Waals surface area (Å²) >= 11 is 5.94. The lowest BCUT2D eigenvalue weighted by molar-refractivity contribution is 0.0703. The molecule has 2 fully saturated rings. The Labute approximate surface area is 111 Å². The minimum atomic E-state index is 0.0861. The van der Waals surface area contributed by atoms with Crippen molar-refractivity contribution in [2.45, 2.75) is 25.3 Å². The minimum absolute atomic E-state index is 0.0861. The third-order valence-electron chi connectivity index (χ3n) is 3.97. The molecule has 1 saturated carbocycles. The van der Waals surface area contributed by atoms with Gasteiger partial charge in [0.05, 0.1) is 0 Å². The lowest BCUT2D eigenvalue weighted by atomic mass is 10.1. The van der Waals surface area contributed by atoms with Crippen LogP contribution in [0.2, 0.25) is 5.15 Å². The Kier molecular flexibility index (Phi) is 2.90. The van der Waals surface area contributed by atoms with Crippen molar-refractivity contribution in [2.75, 3.05) is 18.9 Å². The molecule has 5 heteroatoms. The fraction of sp³-hybridized carbons (Fsp3) is 0.538. The van der Waals surface area contributed by atoms with Gasteiger partial charge in [0.2, 0.25) is 0 Å². The van der Waals surface area contributed by atoms with Gasteiger partial charge in [-0.3, -0.25) is 4.79 Å². The molecular weight excluding hydrogens is 250 g/mol. The van der Waals surface area contributed by atoms with Crippen LogP contribution < -0.4 is 5.32 Å². The van der Waals surface area contributed by atoms with Crippen LogP contribution in [0.5, 0.6) is 0 Å². The molecule has 1 amide bonds. The molecular formula is C13H16ClN3O. The first-order valence-corrected chi connectivity index (χ1v) is 6.71. The molecule has 1 N–H and O–H groups in total. The van der Waals surface area contributed by atoms with Crippen molar-refractivity contribution in [3.05, 3.63) is 22.8 Å². The molecule has 3 rings (SSSR count). The topological polar surface area (TPSA) is 45.2 Å². The number of nitrogens with one attached hydrogen (secondary N) is 1. The molecule has 2 bridgehead atoms. The van der Waals surface area contributed by atoms with E-state index in [4.69, 9.17) is 11.6 Å². The molecule has 2 unspecified atom stereocenters. The van der Waals surface area contributed by atoms with E-state index >= 15 is 0 Å². The third-order valence-corrected chi connectivity index (χ3v) is 4.16. The number of pyridine rings is 1. The Bertz CT molecular complexity index is 491. The van der Waals surface area contributed by atoms with Crippen molar-refractivity contribution in [3.63, 3.8) is 0 Å². The van der Waals surface area contributed by atoms with Crippen molar-refractivity contribution in [1.82, 2.24) is 9.88 Å². The van der Waals surface area contributed by atoms with Crippen LogP contribution in [0.1, 0.15) is 29.6 Å². The third kappa shape index (κ3) is 1.94. The van der Waals surface area contributed by atoms with Crippen LogP contribution in [-0.2, 0) is 0 Å². The first kappa shape index (κ1) is 11.8. The highest BCUT2D eigenvalue weighted by Crippen LogP contribution is 2.38. The Morgan fingerprint density at radius 2 is 2.33 bits per heavy atom. The van der Waals surface area contributed by atoms with E-state index in [1.165, 1.54) is 12.8 Å². The van der Waals surface area contributed by atoms with E-state index in [9.17, 15) is 4.79 Å². The summed E-state index contributed by atoms with van der Waals surface area (Å²) in [5.41, 5.74) is 0.631. The van der Waals surface area contributed by atoms with Gasteiger partial charge >= 0.3 is 0 Å². The number of carbonyl (C=O) groups is 1. The largest absolute Gasteiger partial charge is 0.373 e. The van der Waals surface area contributed by atoms with Gasteiger partial charge in [0.15, 0.2) is 0 Å². The van der Waals surface area contributed by atoms with E-state index in [1.807, 2.05) is 4.90 Å². The molecule has 0 radical (unpaired) electrons. The second kappa shape index (κ2) is 4.43. The predicted octanol–water partition coefficient (Wildman–Crippen LogP) is 2.40. The van der Waals surface area contributed by atoms with Gasteiger partial charge in [0.1, 0.15) is 11.0 Å². The van der Waals surface area contributed by atoms with Gasteiger partial charge in [0.25, 0.3) is 5.91 Å². The molecule has 1 aromatic rings. The summed E-state index contributed by atoms with van der Waals surface area (Å²) in [5, 5.41) is 3.28. The Morgan fingerprint density at radius 1 is 1.50 bits per heavy atom. The highest BCUT2D eigenvalue weighted by Gasteiger charge is 2.40. The standard InChI is InChI=1S/C13H16ClN3O/c1-15-12-6-9(5-11(14)16-12)13(18)17-7-8-2-3-10(17)4-8/h5-6,8,10H,2-4,7H2,1H3,(H,15,16). The van der Waals surface area contributed by atoms with Crippen molar-refractivity contribution in [3.8, 4) is 0 Å². The quantitative estimate of drug-likeness (QED) is 0.836. The van der Waals surface area contributed by atoms with E-state index in [0.29, 0.717) is 28.5 Å². The number of anilines is 1. The SMILES string of the molecule is CNc1cc(C(=O)N2CC3CCC2C3)cc(Cl)n1. The van der Waals surface area contributed by atoms with E-state index < -0.39 is 0 Å². The summed E-state index contributed by atoms with van der Waals surface area (Å²) in [6.07, 6.45) is 3.59. The second-order valence-electron chi connectivity index (χ2n) is 5.10. The summed E-state index contributed by atoms with van der Waals surface area (Å²) in [5.74, 6) is 1.43. The van der Waals surface area contributed by atoms with Gasteiger partial charge < -0.3 is 10.2 Å². The molecule has 18 heavy (non-hydrogen) atoms. The lowest BCUT2D eigenvalue weighted by Crippen LogP contribution is -2.37. The van der Waals surface area contributed by atoms with Gasteiger partial charge in [-0.05, 0) is 37.3 Å². The molecule has 2 heterocycles. The molecule has 0 aromatic carbocycles. The number of likely N-dealkylation sites (tertiary alicyclic amines) is 1. The van der Waals surface area contributed by atoms with Crippen molar-refractivity contribution in [1.29, 1.82) is 0 Å². The fourth-order valence-electron chi connectivity index (χ4n) is 3.09. The highest BCUT2D eigenvalue weighted by molar-refractivity contribution is 6.29. The number of fused-ring (bicyclic) bond motifs is 2. The second-order valence-corrected chi connectivity index (χ2v) is 5.49. The van der Waals surface area contributed by atoms with E-state index in [2.05, 4.69) is 10.3 Å². The smallest absolute Gasteiger partial charge is 0.254 e. The summed E-state index contributed by atoms with van der Waals surface area (Å²) in [4.78, 5) is 18.6. The predicted molar refractivity (Wildman–Crippen MR) is 71.0 cm³/mol. The monoisotopic (exact) mass is 265 g/mol. The maximum Gasteiger partial charge on any atom is 0.254 e. The summed E-state index contributed by atoms with van der Waals surface area (Å²) in [6.45, 7) is 0.901. The van der Waals surface area contributed by atoms with Crippen LogP contribution in [-0.4, -0.2) is 35.4 Å². The van der Waals surface area contributed by atoms with Crippen molar-refractivity contribution >= 4 is 23.3 Å². The molecule has 1 aliphatic carbocycles. The number of halogens is 1. The fourth-order valence-corrected chi connectivity index (χ4v) is 3.30. The molecule has 1 saturated heterocycles. The number of hydrogen-bond acceptors (Lipinski definition) is 3. The number of nitrogens with zero attached hydrogens (tertiary/aromatic N) is 2. The van der Waals surface area contributed by atoms with Crippen LogP contribution in [0.4, 0.5) is 5.82 Å². The molecule has 2 atom stereocenters. The van der Waals surface area contributed by atoms with E-state index in [-0.39, 0.29) is 5.91 Å². The zero-order valence-corrected chi connectivity index (χ0v) is 11.1. The minimum Gasteiger partial charge on any atom is -0.373 e. The average molecular weight is 266 g/mol. The van der Waals surface area contributed by atoms with Crippen LogP contribution >= 0.6 is 11.6 Å². The van der Waals surface area contributed by atoms with Crippen LogP contribution in [0.15, 0.2) is 12.1 Å². The average Bonchev–Trinajstić information content (AvgIpc) is 2.99. The number of piperidine rings is 1. The number of hydrogen-bond donors (Lipinski definition) is 1. The van der Waals surface area contributed by atoms with E-state index in [0.717, 1.165) is 13.0 Å². The molecule has 0 spiro atoms. The lowest BCUT2D eigenvalue weighted by Gasteiger charge is -2.27. The Morgan fingerprint density at radius 3 is 2.94 bits per heavy atom. The molecule has 1 aromatic heterocycles. The number of amides is 1. The molecule has 1 aliphatic heterocycles. The van der Waals surface area contributed by atoms with Gasteiger partial charge in [-0.15, -0.1) is 0 Å². The summed E-state index contributed by atoms with van der Waals surface area (Å²) in [7, 11) is 1.77. The number of aromatic nitrogens is 1. The van der Waals surface area contributed by atoms with Crippen LogP contribution in [0, 0.1) is 5.92 Å². The maximum atomic E-state index is 12.5. The van der Waals surface area contributed by atoms with Gasteiger partial charge in [0, 0.05) is 25.2 Å². The van der Waals surface area contributed by atoms with Crippen LogP contribution in [0.3, 0.4) is 0 Å². The first-order chi connectivity index (χ1) is 8.67. The number of carbonyl (C=O) groups excluding carboxylic acids is 1. The van der Waals surface area contributed by atoms with Gasteiger partial charge in [-0.2, -0.15) is 0 Å². The first-order valence-electron chi connectivity index (χ1n) is 6.33. The Balaban J connectivity index is 1.86. The van der Waals surface area contributed by atoms with E-state index in [1.54, 1.807) is 19.2 Å². The maximum absolute atomic E-state index is 12.5. The van der Waals surface area contributed by atoms with Crippen LogP contribution in [0.25, 0.3) is 0 Å². The molecule has 4 nitrogen and oxygen atoms in total. The summed E-state index contributed by atoms with van der Waals surface area (Å²) in [6, 6.07) is 3.85. The molecule has 2 aliphatic rings. The normalized spacial score (nSPS) is 25.6. The van der Waals surface area contributed by atoms with Crippen molar-refractivity contribution in [2.24, 2.45) is 5.92 Å². The Hall–Kier alpha value is -1.29. The van der Waals surface area contributed by atoms with Gasteiger partial charge in [-0.25, -0.2) is 4.98 Å². The van der Waals surface area contributed by atoms with Gasteiger partial charge in [-0.1, -0.05) is 11.6 Å².